The molecule has 0 spiro atoms. The monoisotopic (exact) mass is 493 g/mol. The zero-order valence-electron chi connectivity index (χ0n) is 19.5. The molecule has 0 fully saturated rings. The predicted molar refractivity (Wildman–Crippen MR) is 133 cm³/mol. The van der Waals surface area contributed by atoms with Gasteiger partial charge in [0, 0.05) is 31.6 Å². The Morgan fingerprint density at radius 2 is 1.73 bits per heavy atom. The minimum Gasteiger partial charge on any atom is -0.357 e. The van der Waals surface area contributed by atoms with Crippen LogP contribution in [0.4, 0.5) is 5.69 Å². The first-order chi connectivity index (χ1) is 15.6. The fourth-order valence-electron chi connectivity index (χ4n) is 3.50. The van der Waals surface area contributed by atoms with Gasteiger partial charge < -0.3 is 10.2 Å². The zero-order chi connectivity index (χ0) is 24.6. The highest BCUT2D eigenvalue weighted by atomic mass is 35.5. The molecule has 2 amide bonds. The summed E-state index contributed by atoms with van der Waals surface area (Å²) in [4.78, 5) is 26.8. The molecule has 1 atom stereocenters. The lowest BCUT2D eigenvalue weighted by molar-refractivity contribution is -0.140. The molecule has 0 aliphatic rings. The van der Waals surface area contributed by atoms with Gasteiger partial charge in [0.15, 0.2) is 0 Å². The summed E-state index contributed by atoms with van der Waals surface area (Å²) in [6, 6.07) is 13.8. The molecule has 2 rings (SSSR count). The molecule has 1 N–H and O–H groups in total. The van der Waals surface area contributed by atoms with Gasteiger partial charge in [-0.3, -0.25) is 13.9 Å². The number of halogens is 1. The largest absolute Gasteiger partial charge is 0.357 e. The van der Waals surface area contributed by atoms with E-state index in [1.54, 1.807) is 31.2 Å². The van der Waals surface area contributed by atoms with E-state index in [4.69, 9.17) is 11.6 Å². The van der Waals surface area contributed by atoms with Crippen molar-refractivity contribution < 1.29 is 18.0 Å². The van der Waals surface area contributed by atoms with Gasteiger partial charge in [0.25, 0.3) is 0 Å². The van der Waals surface area contributed by atoms with Gasteiger partial charge in [-0.05, 0) is 49.1 Å². The number of amides is 2. The summed E-state index contributed by atoms with van der Waals surface area (Å²) in [5.74, 6) is -0.537. The van der Waals surface area contributed by atoms with Crippen LogP contribution in [0.2, 0.25) is 5.02 Å². The van der Waals surface area contributed by atoms with Crippen molar-refractivity contribution >= 4 is 39.1 Å². The van der Waals surface area contributed by atoms with Crippen molar-refractivity contribution in [1.82, 2.24) is 10.2 Å². The molecular weight excluding hydrogens is 462 g/mol. The highest BCUT2D eigenvalue weighted by molar-refractivity contribution is 7.92. The number of anilines is 1. The SMILES string of the molecule is CCc1ccc(N(CCCC(=O)N(Cc2ccccc2Cl)[C@@H](C)C(=O)NC)S(C)(=O)=O)cc1. The summed E-state index contributed by atoms with van der Waals surface area (Å²) < 4.78 is 26.1. The van der Waals surface area contributed by atoms with Gasteiger partial charge >= 0.3 is 0 Å². The number of likely N-dealkylation sites (N-methyl/N-ethyl adjacent to an activating group) is 1. The topological polar surface area (TPSA) is 86.8 Å². The summed E-state index contributed by atoms with van der Waals surface area (Å²) in [6.45, 7) is 4.03. The van der Waals surface area contributed by atoms with Crippen LogP contribution in [-0.2, 0) is 32.6 Å². The average Bonchev–Trinajstić information content (AvgIpc) is 2.79. The first-order valence-corrected chi connectivity index (χ1v) is 13.1. The lowest BCUT2D eigenvalue weighted by Gasteiger charge is -2.29. The second-order valence-electron chi connectivity index (χ2n) is 7.86. The Labute approximate surface area is 201 Å². The Balaban J connectivity index is 2.14. The molecule has 0 aromatic heterocycles. The number of carbonyl (C=O) groups is 2. The van der Waals surface area contributed by atoms with Crippen LogP contribution in [-0.4, -0.2) is 51.0 Å². The van der Waals surface area contributed by atoms with E-state index in [2.05, 4.69) is 5.32 Å². The number of benzene rings is 2. The fourth-order valence-corrected chi connectivity index (χ4v) is 4.66. The Kier molecular flexibility index (Phi) is 9.73. The molecule has 0 heterocycles. The van der Waals surface area contributed by atoms with Gasteiger partial charge in [-0.2, -0.15) is 0 Å². The summed E-state index contributed by atoms with van der Waals surface area (Å²) in [5.41, 5.74) is 2.41. The van der Waals surface area contributed by atoms with Gasteiger partial charge in [0.05, 0.1) is 11.9 Å². The lowest BCUT2D eigenvalue weighted by Crippen LogP contribution is -2.46. The molecule has 0 unspecified atom stereocenters. The van der Waals surface area contributed by atoms with Crippen molar-refractivity contribution in [2.75, 3.05) is 24.2 Å². The molecule has 180 valence electrons. The van der Waals surface area contributed by atoms with Gasteiger partial charge in [-0.15, -0.1) is 0 Å². The Hall–Kier alpha value is -2.58. The molecule has 0 bridgehead atoms. The smallest absolute Gasteiger partial charge is 0.242 e. The van der Waals surface area contributed by atoms with E-state index >= 15 is 0 Å². The number of nitrogens with one attached hydrogen (secondary N) is 1. The van der Waals surface area contributed by atoms with E-state index in [0.29, 0.717) is 17.1 Å². The summed E-state index contributed by atoms with van der Waals surface area (Å²) in [5, 5.41) is 3.08. The van der Waals surface area contributed by atoms with E-state index in [9.17, 15) is 18.0 Å². The van der Waals surface area contributed by atoms with Crippen LogP contribution in [0.15, 0.2) is 48.5 Å². The first-order valence-electron chi connectivity index (χ1n) is 10.9. The number of aryl methyl sites for hydroxylation is 1. The average molecular weight is 494 g/mol. The number of sulfonamides is 1. The molecule has 2 aromatic carbocycles. The second-order valence-corrected chi connectivity index (χ2v) is 10.2. The standard InChI is InChI=1S/C24H32ClN3O4S/c1-5-19-12-14-21(15-13-19)28(33(4,31)32)16-8-11-23(29)27(18(2)24(30)26-3)17-20-9-6-7-10-22(20)25/h6-7,9-10,12-15,18H,5,8,11,16-17H2,1-4H3,(H,26,30)/t18-/m0/s1. The summed E-state index contributed by atoms with van der Waals surface area (Å²) >= 11 is 6.26. The number of hydrogen-bond acceptors (Lipinski definition) is 4. The molecular formula is C24H32ClN3O4S. The molecule has 7 nitrogen and oxygen atoms in total. The van der Waals surface area contributed by atoms with Crippen molar-refractivity contribution in [1.29, 1.82) is 0 Å². The molecule has 0 saturated heterocycles. The van der Waals surface area contributed by atoms with Crippen molar-refractivity contribution in [3.63, 3.8) is 0 Å². The van der Waals surface area contributed by atoms with Gasteiger partial charge in [0.1, 0.15) is 6.04 Å². The van der Waals surface area contributed by atoms with E-state index in [1.165, 1.54) is 16.3 Å². The highest BCUT2D eigenvalue weighted by Gasteiger charge is 2.26. The van der Waals surface area contributed by atoms with Crippen molar-refractivity contribution in [2.24, 2.45) is 0 Å². The van der Waals surface area contributed by atoms with Crippen molar-refractivity contribution in [3.8, 4) is 0 Å². The van der Waals surface area contributed by atoms with Crippen LogP contribution in [0.5, 0.6) is 0 Å². The Bertz CT molecular complexity index is 1060. The molecule has 9 heteroatoms. The normalized spacial score (nSPS) is 12.2. The molecule has 0 aliphatic heterocycles. The van der Waals surface area contributed by atoms with Crippen LogP contribution in [0.1, 0.15) is 37.8 Å². The van der Waals surface area contributed by atoms with Crippen LogP contribution < -0.4 is 9.62 Å². The predicted octanol–water partition coefficient (Wildman–Crippen LogP) is 3.61. The molecule has 33 heavy (non-hydrogen) atoms. The van der Waals surface area contributed by atoms with Crippen molar-refractivity contribution in [3.05, 3.63) is 64.7 Å². The van der Waals surface area contributed by atoms with Gasteiger partial charge in [-0.25, -0.2) is 8.42 Å². The Morgan fingerprint density at radius 1 is 1.09 bits per heavy atom. The second kappa shape index (κ2) is 12.0. The third-order valence-corrected chi connectivity index (χ3v) is 7.06. The van der Waals surface area contributed by atoms with E-state index in [-0.39, 0.29) is 31.3 Å². The van der Waals surface area contributed by atoms with Crippen LogP contribution in [0, 0.1) is 0 Å². The number of rotatable bonds is 11. The third-order valence-electron chi connectivity index (χ3n) is 5.50. The van der Waals surface area contributed by atoms with E-state index in [1.807, 2.05) is 31.2 Å². The maximum absolute atomic E-state index is 13.1. The third kappa shape index (κ3) is 7.47. The lowest BCUT2D eigenvalue weighted by atomic mass is 10.1. The van der Waals surface area contributed by atoms with Crippen molar-refractivity contribution in [2.45, 2.75) is 45.7 Å². The van der Waals surface area contributed by atoms with Crippen LogP contribution >= 0.6 is 11.6 Å². The summed E-state index contributed by atoms with van der Waals surface area (Å²) in [7, 11) is -2.00. The summed E-state index contributed by atoms with van der Waals surface area (Å²) in [6.07, 6.45) is 2.41. The van der Waals surface area contributed by atoms with Gasteiger partial charge in [0.2, 0.25) is 21.8 Å². The van der Waals surface area contributed by atoms with E-state index in [0.717, 1.165) is 23.8 Å². The Morgan fingerprint density at radius 3 is 2.27 bits per heavy atom. The number of carbonyl (C=O) groups excluding carboxylic acids is 2. The fraction of sp³-hybridized carbons (Fsp3) is 0.417. The maximum Gasteiger partial charge on any atom is 0.242 e. The number of hydrogen-bond donors (Lipinski definition) is 1. The molecule has 0 radical (unpaired) electrons. The quantitative estimate of drug-likeness (QED) is 0.518. The van der Waals surface area contributed by atoms with Crippen LogP contribution in [0.3, 0.4) is 0 Å². The minimum atomic E-state index is -3.52. The highest BCUT2D eigenvalue weighted by Crippen LogP contribution is 2.21. The van der Waals surface area contributed by atoms with Crippen LogP contribution in [0.25, 0.3) is 0 Å². The van der Waals surface area contributed by atoms with Gasteiger partial charge in [-0.1, -0.05) is 48.9 Å². The van der Waals surface area contributed by atoms with E-state index < -0.39 is 16.1 Å². The number of nitrogens with zero attached hydrogens (tertiary/aromatic N) is 2. The molecule has 2 aromatic rings. The first kappa shape index (κ1) is 26.7. The maximum atomic E-state index is 13.1. The zero-order valence-corrected chi connectivity index (χ0v) is 21.1. The molecule has 0 saturated carbocycles. The minimum absolute atomic E-state index is 0.0881. The molecule has 0 aliphatic carbocycles.